The molecule has 6 heteroatoms. The SMILES string of the molecule is O.O=[PH](O)O.[H+].[Ti]. The van der Waals surface area contributed by atoms with Gasteiger partial charge in [-0.15, -0.1) is 0 Å². The van der Waals surface area contributed by atoms with Crippen molar-refractivity contribution >= 4 is 8.25 Å². The number of hydrogen-bond acceptors (Lipinski definition) is 1. The van der Waals surface area contributed by atoms with E-state index in [0.717, 1.165) is 0 Å². The standard InChI is InChI=1S/H3O3P.H2O.Ti/c1-4(2)3;;/h4H,(H2,1,2,3);1H2;/p+1. The van der Waals surface area contributed by atoms with Crippen molar-refractivity contribution in [1.82, 2.24) is 0 Å². The van der Waals surface area contributed by atoms with E-state index in [0.29, 0.717) is 0 Å². The first-order valence-electron chi connectivity index (χ1n) is 0.651. The molecule has 0 bridgehead atoms. The zero-order valence-corrected chi connectivity index (χ0v) is 5.36. The molecular weight excluding hydrogens is 143 g/mol. The van der Waals surface area contributed by atoms with Crippen LogP contribution in [0.5, 0.6) is 0 Å². The molecule has 0 saturated carbocycles. The van der Waals surface area contributed by atoms with Crippen LogP contribution < -0.4 is 0 Å². The molecule has 0 unspecified atom stereocenters. The Balaban J connectivity index is -0.0000000150. The molecular formula is H6O4PTi+. The maximum atomic E-state index is 8.74. The second-order valence-corrected chi connectivity index (χ2v) is 0.848. The second-order valence-electron chi connectivity index (χ2n) is 0.283. The molecule has 0 amide bonds. The summed E-state index contributed by atoms with van der Waals surface area (Å²) in [6, 6.07) is 0. The van der Waals surface area contributed by atoms with Crippen molar-refractivity contribution in [2.24, 2.45) is 0 Å². The summed E-state index contributed by atoms with van der Waals surface area (Å²) in [5.41, 5.74) is 0. The summed E-state index contributed by atoms with van der Waals surface area (Å²) in [7, 11) is -3.13. The molecule has 38 valence electrons. The van der Waals surface area contributed by atoms with Crippen molar-refractivity contribution in [3.63, 3.8) is 0 Å². The normalized spacial score (nSPS) is 5.83. The monoisotopic (exact) mass is 149 g/mol. The van der Waals surface area contributed by atoms with E-state index in [1.54, 1.807) is 0 Å². The van der Waals surface area contributed by atoms with Crippen molar-refractivity contribution < 1.29 is 43.0 Å². The van der Waals surface area contributed by atoms with Gasteiger partial charge in [0.25, 0.3) is 0 Å². The van der Waals surface area contributed by atoms with Gasteiger partial charge in [0.15, 0.2) is 0 Å². The average Bonchev–Trinajstić information content (AvgIpc) is 0.811. The van der Waals surface area contributed by atoms with E-state index < -0.39 is 8.25 Å². The number of hydrogen-bond donors (Lipinski definition) is 2. The van der Waals surface area contributed by atoms with Gasteiger partial charge < -0.3 is 15.3 Å². The second kappa shape index (κ2) is 9.27. The van der Waals surface area contributed by atoms with Gasteiger partial charge in [-0.1, -0.05) is 0 Å². The Bertz CT molecular complexity index is 34.7. The third-order valence-corrected chi connectivity index (χ3v) is 0. The first kappa shape index (κ1) is 15.8. The molecule has 0 aromatic heterocycles. The Labute approximate surface area is 51.8 Å². The van der Waals surface area contributed by atoms with Crippen LogP contribution in [0.2, 0.25) is 0 Å². The predicted molar refractivity (Wildman–Crippen MR) is 18.2 cm³/mol. The molecule has 0 aliphatic heterocycles. The minimum Gasteiger partial charge on any atom is -0.412 e. The van der Waals surface area contributed by atoms with E-state index >= 15 is 0 Å². The van der Waals surface area contributed by atoms with Crippen LogP contribution in [-0.4, -0.2) is 15.3 Å². The van der Waals surface area contributed by atoms with Crippen molar-refractivity contribution in [2.75, 3.05) is 0 Å². The van der Waals surface area contributed by atoms with E-state index in [4.69, 9.17) is 14.4 Å². The Morgan fingerprint density at radius 3 is 1.50 bits per heavy atom. The van der Waals surface area contributed by atoms with Crippen LogP contribution in [0, 0.1) is 0 Å². The van der Waals surface area contributed by atoms with Crippen molar-refractivity contribution in [3.8, 4) is 0 Å². The minimum absolute atomic E-state index is 0. The van der Waals surface area contributed by atoms with Crippen LogP contribution in [0.25, 0.3) is 0 Å². The van der Waals surface area contributed by atoms with Gasteiger partial charge in [-0.05, 0) is 0 Å². The zero-order chi connectivity index (χ0) is 3.58. The van der Waals surface area contributed by atoms with Crippen LogP contribution >= 0.6 is 8.25 Å². The molecule has 0 aromatic carbocycles. The van der Waals surface area contributed by atoms with E-state index in [9.17, 15) is 0 Å². The van der Waals surface area contributed by atoms with E-state index in [-0.39, 0.29) is 28.6 Å². The van der Waals surface area contributed by atoms with Crippen LogP contribution in [0.15, 0.2) is 0 Å². The van der Waals surface area contributed by atoms with Crippen LogP contribution in [0.1, 0.15) is 1.43 Å². The molecule has 0 atom stereocenters. The third-order valence-electron chi connectivity index (χ3n) is 0. The van der Waals surface area contributed by atoms with Gasteiger partial charge in [0.1, 0.15) is 0 Å². The molecule has 4 nitrogen and oxygen atoms in total. The van der Waals surface area contributed by atoms with Gasteiger partial charge >= 0.3 is 9.68 Å². The Kier molecular flexibility index (Phi) is 24.5. The molecule has 0 heterocycles. The molecule has 0 aliphatic rings. The summed E-state index contributed by atoms with van der Waals surface area (Å²) in [5, 5.41) is 0. The molecule has 4 N–H and O–H groups in total. The van der Waals surface area contributed by atoms with Crippen molar-refractivity contribution in [2.45, 2.75) is 0 Å². The molecule has 0 aromatic rings. The van der Waals surface area contributed by atoms with Crippen molar-refractivity contribution in [1.29, 1.82) is 0 Å². The quantitative estimate of drug-likeness (QED) is 0.329. The zero-order valence-electron chi connectivity index (χ0n) is 3.80. The van der Waals surface area contributed by atoms with Crippen LogP contribution in [0.4, 0.5) is 0 Å². The largest absolute Gasteiger partial charge is 1.00 e. The van der Waals surface area contributed by atoms with E-state index in [1.165, 1.54) is 0 Å². The van der Waals surface area contributed by atoms with Gasteiger partial charge in [0, 0.05) is 21.7 Å². The Morgan fingerprint density at radius 2 is 1.50 bits per heavy atom. The fraction of sp³-hybridized carbons (Fsp3) is 0. The summed E-state index contributed by atoms with van der Waals surface area (Å²) in [6.45, 7) is 0. The summed E-state index contributed by atoms with van der Waals surface area (Å²) >= 11 is 0. The maximum absolute atomic E-state index is 8.74. The Morgan fingerprint density at radius 1 is 1.50 bits per heavy atom. The average molecular weight is 149 g/mol. The molecule has 0 aliphatic carbocycles. The predicted octanol–water partition coefficient (Wildman–Crippen LogP) is -1.35. The molecule has 0 rings (SSSR count). The Hall–Kier alpha value is 0.824. The molecule has 0 radical (unpaired) electrons. The van der Waals surface area contributed by atoms with E-state index in [1.807, 2.05) is 0 Å². The van der Waals surface area contributed by atoms with Crippen LogP contribution in [-0.2, 0) is 26.3 Å². The van der Waals surface area contributed by atoms with Gasteiger partial charge in [-0.2, -0.15) is 0 Å². The summed E-state index contributed by atoms with van der Waals surface area (Å²) in [6.07, 6.45) is 0. The fourth-order valence-electron chi connectivity index (χ4n) is 0. The first-order chi connectivity index (χ1) is 1.73. The summed E-state index contributed by atoms with van der Waals surface area (Å²) in [5.74, 6) is 0. The summed E-state index contributed by atoms with van der Waals surface area (Å²) in [4.78, 5) is 14.3. The maximum Gasteiger partial charge on any atom is 1.00 e. The minimum atomic E-state index is -3.13. The van der Waals surface area contributed by atoms with Gasteiger partial charge in [0.05, 0.1) is 0 Å². The van der Waals surface area contributed by atoms with Crippen LogP contribution in [0.3, 0.4) is 0 Å². The van der Waals surface area contributed by atoms with Gasteiger partial charge in [0.2, 0.25) is 0 Å². The van der Waals surface area contributed by atoms with Gasteiger partial charge in [-0.3, -0.25) is 4.57 Å². The molecule has 0 spiro atoms. The smallest absolute Gasteiger partial charge is 0.412 e. The van der Waals surface area contributed by atoms with E-state index in [2.05, 4.69) is 0 Å². The topological polar surface area (TPSA) is 89.0 Å². The van der Waals surface area contributed by atoms with Crippen molar-refractivity contribution in [3.05, 3.63) is 0 Å². The van der Waals surface area contributed by atoms with Gasteiger partial charge in [-0.25, -0.2) is 0 Å². The summed E-state index contributed by atoms with van der Waals surface area (Å²) < 4.78 is 8.74. The number of rotatable bonds is 0. The first-order valence-corrected chi connectivity index (χ1v) is 1.95. The molecule has 0 fully saturated rings. The fourth-order valence-corrected chi connectivity index (χ4v) is 0. The third kappa shape index (κ3) is 104. The molecule has 0 saturated heterocycles. The molecule has 6 heavy (non-hydrogen) atoms.